The van der Waals surface area contributed by atoms with Crippen molar-refractivity contribution < 1.29 is 9.46 Å². The number of hydrogen-bond acceptors (Lipinski definition) is 5. The van der Waals surface area contributed by atoms with Crippen LogP contribution in [0.5, 0.6) is 0 Å². The lowest BCUT2D eigenvalue weighted by atomic mass is 10.5. The Labute approximate surface area is 98.6 Å². The molecule has 1 atom stereocenters. The van der Waals surface area contributed by atoms with Crippen LogP contribution < -0.4 is 21.8 Å². The molecule has 0 saturated carbocycles. The van der Waals surface area contributed by atoms with Crippen LogP contribution in [-0.2, 0) is 11.1 Å². The van der Waals surface area contributed by atoms with E-state index in [4.69, 9.17) is 6.42 Å². The zero-order chi connectivity index (χ0) is 13.4. The smallest absolute Gasteiger partial charge is 0.452 e. The van der Waals surface area contributed by atoms with E-state index in [1.807, 2.05) is 0 Å². The molecule has 2 aromatic heterocycles. The second kappa shape index (κ2) is 4.10. The van der Waals surface area contributed by atoms with Gasteiger partial charge in [-0.3, -0.25) is 19.3 Å². The maximum absolute atomic E-state index is 11.8. The highest BCUT2D eigenvalue weighted by Gasteiger charge is 2.22. The number of hydrogen-bond donors (Lipinski definition) is 2. The van der Waals surface area contributed by atoms with Crippen molar-refractivity contribution >= 4 is 19.3 Å². The lowest BCUT2D eigenvalue weighted by molar-refractivity contribution is -0.167. The highest BCUT2D eigenvalue weighted by Crippen LogP contribution is 2.07. The minimum Gasteiger partial charge on any atom is -0.572 e. The molecular formula is C8H5N4O5P. The second-order valence-electron chi connectivity index (χ2n) is 3.23. The molecule has 2 heterocycles. The van der Waals surface area contributed by atoms with E-state index in [-0.39, 0.29) is 22.0 Å². The number of H-pyrrole nitrogens is 2. The Bertz CT molecular complexity index is 861. The molecule has 0 aliphatic heterocycles. The van der Waals surface area contributed by atoms with E-state index in [1.165, 1.54) is 0 Å². The van der Waals surface area contributed by atoms with E-state index in [0.717, 1.165) is 4.57 Å². The minimum atomic E-state index is -3.46. The van der Waals surface area contributed by atoms with E-state index < -0.39 is 25.1 Å². The third-order valence-electron chi connectivity index (χ3n) is 2.21. The van der Waals surface area contributed by atoms with Gasteiger partial charge in [0.1, 0.15) is 5.65 Å². The van der Waals surface area contributed by atoms with Crippen LogP contribution in [0.25, 0.3) is 11.2 Å². The number of aromatic amines is 2. The molecule has 0 bridgehead atoms. The van der Waals surface area contributed by atoms with Crippen LogP contribution in [-0.4, -0.2) is 18.9 Å². The van der Waals surface area contributed by atoms with Gasteiger partial charge in [-0.25, -0.2) is 9.59 Å². The number of aromatic nitrogens is 4. The fourth-order valence-electron chi connectivity index (χ4n) is 1.52. The largest absolute Gasteiger partial charge is 0.572 e. The molecule has 0 aromatic carbocycles. The maximum Gasteiger partial charge on any atom is 0.452 e. The first-order chi connectivity index (χ1) is 8.47. The lowest BCUT2D eigenvalue weighted by Gasteiger charge is -2.02. The molecule has 9 nitrogen and oxygen atoms in total. The number of rotatable bonds is 2. The fraction of sp³-hybridized carbons (Fsp3) is 0.125. The van der Waals surface area contributed by atoms with Crippen molar-refractivity contribution in [1.29, 1.82) is 0 Å². The molecule has 10 heteroatoms. The van der Waals surface area contributed by atoms with E-state index >= 15 is 0 Å². The molecule has 0 fully saturated rings. The van der Waals surface area contributed by atoms with Gasteiger partial charge in [0.15, 0.2) is 5.52 Å². The molecule has 0 spiro atoms. The minimum absolute atomic E-state index is 0.0127. The zero-order valence-corrected chi connectivity index (χ0v) is 9.56. The standard InChI is InChI=1S/C8H5N4O5P/c1-2-3-11-5-4(9-7(14)10-5)6(13)12(8(11)15)18(16)17/h1H,3H2,(H2,9,10,14). The molecule has 18 heavy (non-hydrogen) atoms. The van der Waals surface area contributed by atoms with E-state index in [2.05, 4.69) is 15.9 Å². The Morgan fingerprint density at radius 3 is 2.56 bits per heavy atom. The van der Waals surface area contributed by atoms with Crippen molar-refractivity contribution in [2.45, 2.75) is 6.54 Å². The predicted molar refractivity (Wildman–Crippen MR) is 59.3 cm³/mol. The van der Waals surface area contributed by atoms with Crippen LogP contribution in [0.2, 0.25) is 0 Å². The van der Waals surface area contributed by atoms with Crippen LogP contribution in [0, 0.1) is 12.3 Å². The van der Waals surface area contributed by atoms with Gasteiger partial charge in [-0.2, -0.15) is 0 Å². The third-order valence-corrected chi connectivity index (χ3v) is 2.89. The van der Waals surface area contributed by atoms with Crippen molar-refractivity contribution in [2.24, 2.45) is 0 Å². The first kappa shape index (κ1) is 12.0. The molecule has 0 amide bonds. The normalized spacial score (nSPS) is 11.4. The van der Waals surface area contributed by atoms with Crippen molar-refractivity contribution in [3.05, 3.63) is 31.3 Å². The summed E-state index contributed by atoms with van der Waals surface area (Å²) in [5.41, 5.74) is -3.46. The number of nitrogens with one attached hydrogen (secondary N) is 2. The van der Waals surface area contributed by atoms with Gasteiger partial charge in [-0.15, -0.1) is 6.42 Å². The van der Waals surface area contributed by atoms with Crippen LogP contribution in [0.4, 0.5) is 0 Å². The Hall–Kier alpha value is -2.43. The Morgan fingerprint density at radius 2 is 2.00 bits per heavy atom. The van der Waals surface area contributed by atoms with Gasteiger partial charge in [0.25, 0.3) is 0 Å². The summed E-state index contributed by atoms with van der Waals surface area (Å²) in [6.07, 6.45) is 5.04. The van der Waals surface area contributed by atoms with Gasteiger partial charge in [-0.05, 0) is 8.90 Å². The summed E-state index contributed by atoms with van der Waals surface area (Å²) in [4.78, 5) is 49.7. The monoisotopic (exact) mass is 268 g/mol. The van der Waals surface area contributed by atoms with Gasteiger partial charge in [-0.1, -0.05) is 5.92 Å². The summed E-state index contributed by atoms with van der Waals surface area (Å²) in [6.45, 7) is -0.285. The summed E-state index contributed by atoms with van der Waals surface area (Å²) in [5, 5.41) is 0. The average Bonchev–Trinajstić information content (AvgIpc) is 2.66. The first-order valence-corrected chi connectivity index (χ1v) is 5.66. The van der Waals surface area contributed by atoms with Gasteiger partial charge in [0.2, 0.25) is 0 Å². The van der Waals surface area contributed by atoms with Crippen LogP contribution in [0.15, 0.2) is 14.4 Å². The highest BCUT2D eigenvalue weighted by atomic mass is 31.1. The number of imidazole rings is 1. The molecule has 92 valence electrons. The number of fused-ring (bicyclic) bond motifs is 1. The van der Waals surface area contributed by atoms with Crippen molar-refractivity contribution in [3.63, 3.8) is 0 Å². The van der Waals surface area contributed by atoms with Gasteiger partial charge >= 0.3 is 25.1 Å². The summed E-state index contributed by atoms with van der Waals surface area (Å²) < 4.78 is 11.7. The SMILES string of the molecule is C#CCn1c(=O)n([P+](=O)[O-])c(=O)c2[nH]c(=O)[nH]c21. The molecule has 2 aromatic rings. The Balaban J connectivity index is 3.12. The fourth-order valence-corrected chi connectivity index (χ4v) is 2.01. The third kappa shape index (κ3) is 1.60. The van der Waals surface area contributed by atoms with E-state index in [0.29, 0.717) is 0 Å². The summed E-state index contributed by atoms with van der Waals surface area (Å²) in [7, 11) is -3.46. The van der Waals surface area contributed by atoms with E-state index in [9.17, 15) is 23.8 Å². The Kier molecular flexibility index (Phi) is 2.74. The number of nitrogens with zero attached hydrogens (tertiary/aromatic N) is 2. The van der Waals surface area contributed by atoms with Gasteiger partial charge in [0, 0.05) is 0 Å². The van der Waals surface area contributed by atoms with E-state index in [1.54, 1.807) is 0 Å². The maximum atomic E-state index is 11.8. The van der Waals surface area contributed by atoms with Crippen molar-refractivity contribution in [1.82, 2.24) is 18.9 Å². The lowest BCUT2D eigenvalue weighted by Crippen LogP contribution is -2.38. The summed E-state index contributed by atoms with van der Waals surface area (Å²) >= 11 is 0. The van der Waals surface area contributed by atoms with Crippen molar-refractivity contribution in [3.8, 4) is 12.3 Å². The average molecular weight is 268 g/mol. The zero-order valence-electron chi connectivity index (χ0n) is 8.67. The predicted octanol–water partition coefficient (Wildman–Crippen LogP) is -2.32. The molecule has 0 radical (unpaired) electrons. The molecule has 2 rings (SSSR count). The summed E-state index contributed by atoms with van der Waals surface area (Å²) in [5.74, 6) is 2.13. The topological polar surface area (TPSA) is 133 Å². The second-order valence-corrected chi connectivity index (χ2v) is 4.11. The van der Waals surface area contributed by atoms with Crippen LogP contribution >= 0.6 is 8.18 Å². The number of terminal acetylenes is 1. The Morgan fingerprint density at radius 1 is 1.33 bits per heavy atom. The van der Waals surface area contributed by atoms with Gasteiger partial charge < -0.3 is 4.89 Å². The van der Waals surface area contributed by atoms with Gasteiger partial charge in [0.05, 0.1) is 6.54 Å². The van der Waals surface area contributed by atoms with Crippen LogP contribution in [0.1, 0.15) is 0 Å². The molecule has 2 N–H and O–H groups in total. The highest BCUT2D eigenvalue weighted by molar-refractivity contribution is 7.34. The van der Waals surface area contributed by atoms with Crippen molar-refractivity contribution in [2.75, 3.05) is 0 Å². The molecule has 0 saturated heterocycles. The first-order valence-electron chi connectivity index (χ1n) is 4.53. The molecular weight excluding hydrogens is 263 g/mol. The quantitative estimate of drug-likeness (QED) is 0.466. The van der Waals surface area contributed by atoms with Crippen LogP contribution in [0.3, 0.4) is 0 Å². The molecule has 0 aliphatic rings. The molecule has 0 aliphatic carbocycles. The summed E-state index contributed by atoms with van der Waals surface area (Å²) in [6, 6.07) is 0. The molecule has 1 unspecified atom stereocenters.